The second-order valence-corrected chi connectivity index (χ2v) is 8.64. The fraction of sp³-hybridized carbons (Fsp3) is 0.263. The summed E-state index contributed by atoms with van der Waals surface area (Å²) in [7, 11) is 0. The minimum Gasteiger partial charge on any atom is -0.316 e. The molecule has 0 bridgehead atoms. The number of anilines is 1. The summed E-state index contributed by atoms with van der Waals surface area (Å²) in [5, 5.41) is 17.6. The number of carbonyl (C=O) groups is 1. The van der Waals surface area contributed by atoms with Crippen molar-refractivity contribution in [1.82, 2.24) is 14.8 Å². The number of aromatic nitrogens is 3. The van der Waals surface area contributed by atoms with Crippen molar-refractivity contribution in [1.29, 1.82) is 5.26 Å². The molecule has 8 heteroatoms. The highest BCUT2D eigenvalue weighted by Crippen LogP contribution is 2.38. The summed E-state index contributed by atoms with van der Waals surface area (Å²) < 4.78 is 1.69. The van der Waals surface area contributed by atoms with E-state index in [2.05, 4.69) is 21.5 Å². The summed E-state index contributed by atoms with van der Waals surface area (Å²) >= 11 is 2.82. The molecule has 1 aromatic carbocycles. The van der Waals surface area contributed by atoms with Gasteiger partial charge in [0.2, 0.25) is 11.1 Å². The van der Waals surface area contributed by atoms with Crippen LogP contribution in [0.1, 0.15) is 29.3 Å². The van der Waals surface area contributed by atoms with Gasteiger partial charge in [-0.05, 0) is 43.9 Å². The maximum absolute atomic E-state index is 12.6. The van der Waals surface area contributed by atoms with Crippen LogP contribution in [0.3, 0.4) is 0 Å². The summed E-state index contributed by atoms with van der Waals surface area (Å²) in [6.45, 7) is 1.82. The molecule has 0 saturated heterocycles. The van der Waals surface area contributed by atoms with Gasteiger partial charge >= 0.3 is 0 Å². The topological polar surface area (TPSA) is 83.6 Å². The van der Waals surface area contributed by atoms with E-state index in [-0.39, 0.29) is 11.2 Å². The van der Waals surface area contributed by atoms with Crippen LogP contribution in [-0.4, -0.2) is 25.9 Å². The molecule has 1 aliphatic carbocycles. The third kappa shape index (κ3) is 3.61. The number of benzene rings is 1. The fourth-order valence-electron chi connectivity index (χ4n) is 3.04. The largest absolute Gasteiger partial charge is 0.316 e. The lowest BCUT2D eigenvalue weighted by Gasteiger charge is -2.09. The maximum atomic E-state index is 12.6. The molecule has 1 amide bonds. The molecule has 0 aliphatic heterocycles. The van der Waals surface area contributed by atoms with Crippen LogP contribution in [0, 0.1) is 11.3 Å². The van der Waals surface area contributed by atoms with Crippen LogP contribution in [0.25, 0.3) is 5.69 Å². The number of amides is 1. The standard InChI is InChI=1S/C19H17N5OS2/c1-12(26-19-21-11-24(23-19)13-6-3-2-4-7-13)17(25)22-18-15(10-20)14-8-5-9-16(14)27-18/h2-4,6-7,11-12H,5,8-9H2,1H3,(H,22,25)/t12-/m1/s1. The Kier molecular flexibility index (Phi) is 4.97. The molecule has 0 spiro atoms. The van der Waals surface area contributed by atoms with E-state index >= 15 is 0 Å². The first-order valence-corrected chi connectivity index (χ1v) is 10.3. The van der Waals surface area contributed by atoms with E-state index in [4.69, 9.17) is 0 Å². The van der Waals surface area contributed by atoms with Gasteiger partial charge in [0.15, 0.2) is 0 Å². The summed E-state index contributed by atoms with van der Waals surface area (Å²) in [6, 6.07) is 12.0. The highest BCUT2D eigenvalue weighted by Gasteiger charge is 2.25. The molecule has 136 valence electrons. The highest BCUT2D eigenvalue weighted by atomic mass is 32.2. The summed E-state index contributed by atoms with van der Waals surface area (Å²) in [6.07, 6.45) is 4.65. The zero-order valence-corrected chi connectivity index (χ0v) is 16.3. The molecule has 27 heavy (non-hydrogen) atoms. The van der Waals surface area contributed by atoms with Crippen molar-refractivity contribution in [3.8, 4) is 11.8 Å². The van der Waals surface area contributed by atoms with Gasteiger partial charge in [0.25, 0.3) is 0 Å². The van der Waals surface area contributed by atoms with Crippen LogP contribution in [0.15, 0.2) is 41.8 Å². The van der Waals surface area contributed by atoms with Crippen molar-refractivity contribution in [3.05, 3.63) is 52.7 Å². The summed E-state index contributed by atoms with van der Waals surface area (Å²) in [5.41, 5.74) is 2.66. The Morgan fingerprint density at radius 2 is 2.19 bits per heavy atom. The van der Waals surface area contributed by atoms with Crippen LogP contribution in [-0.2, 0) is 17.6 Å². The molecule has 0 radical (unpaired) electrons. The molecular weight excluding hydrogens is 378 g/mol. The van der Waals surface area contributed by atoms with Gasteiger partial charge in [0.1, 0.15) is 17.4 Å². The number of hydrogen-bond acceptors (Lipinski definition) is 6. The number of aryl methyl sites for hydroxylation is 1. The molecule has 1 N–H and O–H groups in total. The Bertz CT molecular complexity index is 1020. The predicted molar refractivity (Wildman–Crippen MR) is 106 cm³/mol. The van der Waals surface area contributed by atoms with Crippen molar-refractivity contribution in [2.24, 2.45) is 0 Å². The lowest BCUT2D eigenvalue weighted by molar-refractivity contribution is -0.115. The van der Waals surface area contributed by atoms with Crippen LogP contribution < -0.4 is 5.32 Å². The smallest absolute Gasteiger partial charge is 0.238 e. The lowest BCUT2D eigenvalue weighted by Crippen LogP contribution is -2.22. The normalized spacial score (nSPS) is 13.8. The first kappa shape index (κ1) is 17.8. The van der Waals surface area contributed by atoms with Crippen molar-refractivity contribution < 1.29 is 4.79 Å². The number of carbonyl (C=O) groups excluding carboxylic acids is 1. The molecule has 2 aromatic heterocycles. The number of nitrogens with one attached hydrogen (secondary N) is 1. The summed E-state index contributed by atoms with van der Waals surface area (Å²) in [4.78, 5) is 18.1. The van der Waals surface area contributed by atoms with Crippen LogP contribution in [0.2, 0.25) is 0 Å². The molecule has 3 aromatic rings. The highest BCUT2D eigenvalue weighted by molar-refractivity contribution is 8.00. The molecule has 1 aliphatic rings. The van der Waals surface area contributed by atoms with E-state index in [1.54, 1.807) is 11.0 Å². The van der Waals surface area contributed by atoms with Gasteiger partial charge in [0.05, 0.1) is 16.5 Å². The SMILES string of the molecule is C[C@@H](Sc1ncn(-c2ccccc2)n1)C(=O)Nc1sc2c(c1C#N)CCC2. The van der Waals surface area contributed by atoms with Gasteiger partial charge in [-0.2, -0.15) is 5.26 Å². The van der Waals surface area contributed by atoms with E-state index in [0.717, 1.165) is 30.5 Å². The molecule has 0 fully saturated rings. The second-order valence-electron chi connectivity index (χ2n) is 6.23. The Hall–Kier alpha value is -2.63. The molecule has 0 unspecified atom stereocenters. The third-order valence-corrected chi connectivity index (χ3v) is 6.59. The molecular formula is C19H17N5OS2. The molecule has 2 heterocycles. The van der Waals surface area contributed by atoms with Gasteiger partial charge in [-0.25, -0.2) is 9.67 Å². The number of thiophene rings is 1. The molecule has 0 saturated carbocycles. The van der Waals surface area contributed by atoms with Crippen molar-refractivity contribution in [2.45, 2.75) is 36.6 Å². The quantitative estimate of drug-likeness (QED) is 0.664. The Labute approximate surface area is 165 Å². The van der Waals surface area contributed by atoms with E-state index in [1.807, 2.05) is 37.3 Å². The first-order chi connectivity index (χ1) is 13.2. The Balaban J connectivity index is 1.43. The monoisotopic (exact) mass is 395 g/mol. The number of para-hydroxylation sites is 1. The minimum atomic E-state index is -0.375. The molecule has 6 nitrogen and oxygen atoms in total. The van der Waals surface area contributed by atoms with E-state index in [9.17, 15) is 10.1 Å². The number of hydrogen-bond donors (Lipinski definition) is 1. The Morgan fingerprint density at radius 1 is 1.37 bits per heavy atom. The molecule has 4 rings (SSSR count). The van der Waals surface area contributed by atoms with Crippen molar-refractivity contribution in [2.75, 3.05) is 5.32 Å². The molecule has 1 atom stereocenters. The third-order valence-electron chi connectivity index (χ3n) is 4.41. The zero-order valence-electron chi connectivity index (χ0n) is 14.7. The lowest BCUT2D eigenvalue weighted by atomic mass is 10.1. The van der Waals surface area contributed by atoms with Crippen LogP contribution >= 0.6 is 23.1 Å². The average molecular weight is 396 g/mol. The van der Waals surface area contributed by atoms with Gasteiger partial charge < -0.3 is 5.32 Å². The zero-order chi connectivity index (χ0) is 18.8. The Morgan fingerprint density at radius 3 is 2.96 bits per heavy atom. The maximum Gasteiger partial charge on any atom is 0.238 e. The van der Waals surface area contributed by atoms with Crippen molar-refractivity contribution >= 4 is 34.0 Å². The van der Waals surface area contributed by atoms with Gasteiger partial charge in [-0.3, -0.25) is 4.79 Å². The number of fused-ring (bicyclic) bond motifs is 1. The van der Waals surface area contributed by atoms with E-state index in [1.165, 1.54) is 28.0 Å². The number of nitriles is 1. The van der Waals surface area contributed by atoms with Gasteiger partial charge in [0, 0.05) is 4.88 Å². The van der Waals surface area contributed by atoms with Gasteiger partial charge in [-0.1, -0.05) is 30.0 Å². The van der Waals surface area contributed by atoms with E-state index < -0.39 is 0 Å². The minimum absolute atomic E-state index is 0.146. The number of rotatable bonds is 5. The van der Waals surface area contributed by atoms with Gasteiger partial charge in [-0.15, -0.1) is 16.4 Å². The average Bonchev–Trinajstić information content (AvgIpc) is 3.38. The second kappa shape index (κ2) is 7.55. The van der Waals surface area contributed by atoms with Crippen LogP contribution in [0.4, 0.5) is 5.00 Å². The predicted octanol–water partition coefficient (Wildman–Crippen LogP) is 3.81. The van der Waals surface area contributed by atoms with Crippen LogP contribution in [0.5, 0.6) is 0 Å². The number of thioether (sulfide) groups is 1. The van der Waals surface area contributed by atoms with E-state index in [0.29, 0.717) is 15.7 Å². The fourth-order valence-corrected chi connectivity index (χ4v) is 5.01. The van der Waals surface area contributed by atoms with Crippen molar-refractivity contribution in [3.63, 3.8) is 0 Å². The number of nitrogens with zero attached hydrogens (tertiary/aromatic N) is 4. The summed E-state index contributed by atoms with van der Waals surface area (Å²) in [5.74, 6) is -0.146. The first-order valence-electron chi connectivity index (χ1n) is 8.65.